The quantitative estimate of drug-likeness (QED) is 0.891. The van der Waals surface area contributed by atoms with Crippen molar-refractivity contribution in [1.29, 1.82) is 0 Å². The van der Waals surface area contributed by atoms with Crippen LogP contribution in [0.25, 0.3) is 11.3 Å². The van der Waals surface area contributed by atoms with E-state index in [-0.39, 0.29) is 18.2 Å². The molecule has 0 fully saturated rings. The maximum Gasteiger partial charge on any atom is 0.273 e. The average Bonchev–Trinajstić information content (AvgIpc) is 3.12. The molecule has 134 valence electrons. The first-order valence-corrected chi connectivity index (χ1v) is 8.99. The smallest absolute Gasteiger partial charge is 0.273 e. The van der Waals surface area contributed by atoms with E-state index in [2.05, 4.69) is 15.4 Å². The third kappa shape index (κ3) is 3.25. The third-order valence-electron chi connectivity index (χ3n) is 4.03. The van der Waals surface area contributed by atoms with Crippen LogP contribution in [0.15, 0.2) is 28.7 Å². The van der Waals surface area contributed by atoms with Gasteiger partial charge in [0.1, 0.15) is 18.9 Å². The molecule has 0 radical (unpaired) electrons. The van der Waals surface area contributed by atoms with Crippen LogP contribution in [0.3, 0.4) is 0 Å². The molecule has 9 heteroatoms. The summed E-state index contributed by atoms with van der Waals surface area (Å²) >= 11 is 1.32. The SMILES string of the molecule is CN1N=C(C(=O)Nc2nc(-c3ccc4c(c3)OCCO4)cs2)CCC1=O. The zero-order chi connectivity index (χ0) is 18.1. The Kier molecular flexibility index (Phi) is 4.29. The molecule has 0 bridgehead atoms. The van der Waals surface area contributed by atoms with Gasteiger partial charge in [-0.2, -0.15) is 5.10 Å². The monoisotopic (exact) mass is 372 g/mol. The minimum absolute atomic E-state index is 0.100. The Morgan fingerprint density at radius 2 is 2.04 bits per heavy atom. The molecule has 2 aliphatic heterocycles. The molecular formula is C17H16N4O4S. The van der Waals surface area contributed by atoms with Crippen LogP contribution in [0.4, 0.5) is 5.13 Å². The highest BCUT2D eigenvalue weighted by atomic mass is 32.1. The summed E-state index contributed by atoms with van der Waals surface area (Å²) in [7, 11) is 1.54. The van der Waals surface area contributed by atoms with Crippen molar-refractivity contribution in [3.05, 3.63) is 23.6 Å². The van der Waals surface area contributed by atoms with Crippen molar-refractivity contribution < 1.29 is 19.1 Å². The van der Waals surface area contributed by atoms with Crippen molar-refractivity contribution in [3.8, 4) is 22.8 Å². The van der Waals surface area contributed by atoms with E-state index in [1.165, 1.54) is 23.4 Å². The van der Waals surface area contributed by atoms with Gasteiger partial charge < -0.3 is 9.47 Å². The van der Waals surface area contributed by atoms with E-state index in [9.17, 15) is 9.59 Å². The van der Waals surface area contributed by atoms with E-state index in [0.29, 0.717) is 36.2 Å². The maximum atomic E-state index is 12.3. The second-order valence-corrected chi connectivity index (χ2v) is 6.67. The fraction of sp³-hybridized carbons (Fsp3) is 0.294. The lowest BCUT2D eigenvalue weighted by molar-refractivity contribution is -0.130. The molecule has 1 N–H and O–H groups in total. The molecule has 0 saturated carbocycles. The Labute approximate surface area is 153 Å². The van der Waals surface area contributed by atoms with E-state index in [1.807, 2.05) is 23.6 Å². The normalized spacial score (nSPS) is 16.3. The first kappa shape index (κ1) is 16.5. The number of benzene rings is 1. The predicted molar refractivity (Wildman–Crippen MR) is 96.6 cm³/mol. The first-order valence-electron chi connectivity index (χ1n) is 8.11. The Bertz CT molecular complexity index is 908. The van der Waals surface area contributed by atoms with Crippen LogP contribution in [0.1, 0.15) is 12.8 Å². The predicted octanol–water partition coefficient (Wildman–Crippen LogP) is 2.13. The Balaban J connectivity index is 1.49. The summed E-state index contributed by atoms with van der Waals surface area (Å²) in [5, 5.41) is 10.3. The maximum absolute atomic E-state index is 12.3. The number of carbonyl (C=O) groups excluding carboxylic acids is 2. The number of fused-ring (bicyclic) bond motifs is 1. The summed E-state index contributed by atoms with van der Waals surface area (Å²) < 4.78 is 11.1. The van der Waals surface area contributed by atoms with Gasteiger partial charge in [-0.25, -0.2) is 9.99 Å². The second-order valence-electron chi connectivity index (χ2n) is 5.81. The van der Waals surface area contributed by atoms with Crippen LogP contribution in [-0.2, 0) is 9.59 Å². The van der Waals surface area contributed by atoms with E-state index >= 15 is 0 Å². The Morgan fingerprint density at radius 1 is 1.23 bits per heavy atom. The molecule has 26 heavy (non-hydrogen) atoms. The van der Waals surface area contributed by atoms with Gasteiger partial charge >= 0.3 is 0 Å². The molecule has 0 spiro atoms. The van der Waals surface area contributed by atoms with Crippen LogP contribution in [-0.4, -0.2) is 47.8 Å². The topological polar surface area (TPSA) is 93.1 Å². The number of ether oxygens (including phenoxy) is 2. The van der Waals surface area contributed by atoms with Crippen molar-refractivity contribution in [3.63, 3.8) is 0 Å². The molecule has 1 aromatic heterocycles. The van der Waals surface area contributed by atoms with Crippen LogP contribution >= 0.6 is 11.3 Å². The lowest BCUT2D eigenvalue weighted by Crippen LogP contribution is -2.34. The van der Waals surface area contributed by atoms with Crippen LogP contribution in [0.2, 0.25) is 0 Å². The lowest BCUT2D eigenvalue weighted by atomic mass is 10.1. The summed E-state index contributed by atoms with van der Waals surface area (Å²) in [6.07, 6.45) is 0.610. The van der Waals surface area contributed by atoms with Gasteiger partial charge in [-0.05, 0) is 18.2 Å². The molecule has 3 heterocycles. The van der Waals surface area contributed by atoms with E-state index in [4.69, 9.17) is 9.47 Å². The molecule has 0 unspecified atom stereocenters. The zero-order valence-corrected chi connectivity index (χ0v) is 14.8. The number of hydrogen-bond donors (Lipinski definition) is 1. The highest BCUT2D eigenvalue weighted by Crippen LogP contribution is 2.35. The van der Waals surface area contributed by atoms with Crippen LogP contribution in [0.5, 0.6) is 11.5 Å². The van der Waals surface area contributed by atoms with Crippen molar-refractivity contribution in [1.82, 2.24) is 9.99 Å². The number of rotatable bonds is 3. The molecule has 4 rings (SSSR count). The van der Waals surface area contributed by atoms with Gasteiger partial charge in [0.25, 0.3) is 5.91 Å². The number of thiazole rings is 1. The number of amides is 2. The van der Waals surface area contributed by atoms with Gasteiger partial charge in [0, 0.05) is 30.8 Å². The molecule has 2 aliphatic rings. The van der Waals surface area contributed by atoms with Crippen molar-refractivity contribution in [2.24, 2.45) is 5.10 Å². The fourth-order valence-corrected chi connectivity index (χ4v) is 3.38. The van der Waals surface area contributed by atoms with Crippen LogP contribution < -0.4 is 14.8 Å². The highest BCUT2D eigenvalue weighted by molar-refractivity contribution is 7.14. The molecular weight excluding hydrogens is 356 g/mol. The largest absolute Gasteiger partial charge is 0.486 e. The minimum atomic E-state index is -0.340. The second kappa shape index (κ2) is 6.75. The summed E-state index contributed by atoms with van der Waals surface area (Å²) in [4.78, 5) is 28.2. The van der Waals surface area contributed by atoms with Gasteiger partial charge in [-0.1, -0.05) is 0 Å². The van der Waals surface area contributed by atoms with Gasteiger partial charge in [0.2, 0.25) is 5.91 Å². The first-order chi connectivity index (χ1) is 12.6. The van der Waals surface area contributed by atoms with Crippen molar-refractivity contribution in [2.75, 3.05) is 25.6 Å². The average molecular weight is 372 g/mol. The van der Waals surface area contributed by atoms with Gasteiger partial charge in [-0.15, -0.1) is 11.3 Å². The third-order valence-corrected chi connectivity index (χ3v) is 4.79. The fourth-order valence-electron chi connectivity index (χ4n) is 2.67. The van der Waals surface area contributed by atoms with E-state index < -0.39 is 0 Å². The number of carbonyl (C=O) groups is 2. The molecule has 2 amide bonds. The van der Waals surface area contributed by atoms with Crippen LogP contribution in [0, 0.1) is 0 Å². The molecule has 0 saturated heterocycles. The molecule has 0 aliphatic carbocycles. The standard InChI is InChI=1S/C17H16N4O4S/c1-21-15(22)5-3-11(20-21)16(23)19-17-18-12(9-26-17)10-2-4-13-14(8-10)25-7-6-24-13/h2,4,8-9H,3,5-7H2,1H3,(H,18,19,23). The number of aromatic nitrogens is 1. The minimum Gasteiger partial charge on any atom is -0.486 e. The number of hydrazone groups is 1. The summed E-state index contributed by atoms with van der Waals surface area (Å²) in [5.41, 5.74) is 1.94. The van der Waals surface area contributed by atoms with E-state index in [1.54, 1.807) is 0 Å². The molecule has 0 atom stereocenters. The molecule has 1 aromatic carbocycles. The summed E-state index contributed by atoms with van der Waals surface area (Å²) in [6.45, 7) is 1.07. The summed E-state index contributed by atoms with van der Waals surface area (Å²) in [6, 6.07) is 5.63. The highest BCUT2D eigenvalue weighted by Gasteiger charge is 2.23. The number of anilines is 1. The van der Waals surface area contributed by atoms with Gasteiger partial charge in [0.05, 0.1) is 5.69 Å². The molecule has 2 aromatic rings. The lowest BCUT2D eigenvalue weighted by Gasteiger charge is -2.18. The number of nitrogens with one attached hydrogen (secondary N) is 1. The number of hydrogen-bond acceptors (Lipinski definition) is 7. The Morgan fingerprint density at radius 3 is 2.85 bits per heavy atom. The van der Waals surface area contributed by atoms with Crippen molar-refractivity contribution in [2.45, 2.75) is 12.8 Å². The van der Waals surface area contributed by atoms with Crippen molar-refractivity contribution >= 4 is 34.0 Å². The van der Waals surface area contributed by atoms with E-state index in [0.717, 1.165) is 17.0 Å². The number of nitrogens with zero attached hydrogens (tertiary/aromatic N) is 3. The zero-order valence-electron chi connectivity index (χ0n) is 14.0. The van der Waals surface area contributed by atoms with Gasteiger partial charge in [0.15, 0.2) is 16.6 Å². The Hall–Kier alpha value is -2.94. The van der Waals surface area contributed by atoms with Gasteiger partial charge in [-0.3, -0.25) is 14.9 Å². The summed E-state index contributed by atoms with van der Waals surface area (Å²) in [5.74, 6) is 0.971. The molecule has 8 nitrogen and oxygen atoms in total.